The third kappa shape index (κ3) is 3.57. The number of carbonyl (C=O) groups excluding carboxylic acids is 1. The smallest absolute Gasteiger partial charge is 0.243 e. The molecule has 2 aromatic rings. The van der Waals surface area contributed by atoms with E-state index < -0.39 is 26.8 Å². The molecule has 1 saturated heterocycles. The molecule has 1 aliphatic rings. The first-order valence-corrected chi connectivity index (χ1v) is 9.41. The summed E-state index contributed by atoms with van der Waals surface area (Å²) in [4.78, 5) is 13.4. The van der Waals surface area contributed by atoms with Gasteiger partial charge in [-0.1, -0.05) is 18.2 Å². The zero-order valence-corrected chi connectivity index (χ0v) is 14.8. The van der Waals surface area contributed by atoms with Crippen LogP contribution in [0.5, 0.6) is 0 Å². The molecule has 1 atom stereocenters. The number of aryl methyl sites for hydroxylation is 2. The highest BCUT2D eigenvalue weighted by atomic mass is 32.2. The van der Waals surface area contributed by atoms with E-state index >= 15 is 0 Å². The Labute approximate surface area is 146 Å². The number of rotatable bonds is 4. The maximum Gasteiger partial charge on any atom is 0.243 e. The number of nitrogens with zero attached hydrogens (tertiary/aromatic N) is 1. The van der Waals surface area contributed by atoms with Crippen molar-refractivity contribution in [3.8, 4) is 0 Å². The van der Waals surface area contributed by atoms with Crippen molar-refractivity contribution in [1.82, 2.24) is 4.72 Å². The van der Waals surface area contributed by atoms with E-state index in [1.807, 2.05) is 32.0 Å². The van der Waals surface area contributed by atoms with Crippen molar-refractivity contribution in [2.24, 2.45) is 0 Å². The van der Waals surface area contributed by atoms with Gasteiger partial charge in [-0.05, 0) is 49.2 Å². The molecule has 1 N–H and O–H groups in total. The largest absolute Gasteiger partial charge is 0.311 e. The summed E-state index contributed by atoms with van der Waals surface area (Å²) in [5.41, 5.74) is 2.91. The summed E-state index contributed by atoms with van der Waals surface area (Å²) in [7, 11) is -4.02. The second-order valence-corrected chi connectivity index (χ2v) is 7.91. The lowest BCUT2D eigenvalue weighted by molar-refractivity contribution is -0.117. The van der Waals surface area contributed by atoms with Crippen LogP contribution in [0.25, 0.3) is 0 Å². The number of nitrogens with one attached hydrogen (secondary N) is 1. The Morgan fingerprint density at radius 2 is 1.84 bits per heavy atom. The van der Waals surface area contributed by atoms with E-state index in [-0.39, 0.29) is 18.9 Å². The van der Waals surface area contributed by atoms with Crippen molar-refractivity contribution in [1.29, 1.82) is 0 Å². The maximum absolute atomic E-state index is 13.8. The first kappa shape index (κ1) is 17.6. The Morgan fingerprint density at radius 3 is 2.52 bits per heavy atom. The summed E-state index contributed by atoms with van der Waals surface area (Å²) >= 11 is 0. The zero-order valence-electron chi connectivity index (χ0n) is 14.0. The molecule has 1 fully saturated rings. The molecule has 5 nitrogen and oxygen atoms in total. The highest BCUT2D eigenvalue weighted by Crippen LogP contribution is 2.25. The van der Waals surface area contributed by atoms with Crippen LogP contribution in [0.15, 0.2) is 47.4 Å². The highest BCUT2D eigenvalue weighted by molar-refractivity contribution is 7.89. The number of hydrogen-bond donors (Lipinski definition) is 1. The molecule has 1 amide bonds. The van der Waals surface area contributed by atoms with E-state index in [0.29, 0.717) is 0 Å². The second-order valence-electron chi connectivity index (χ2n) is 6.23. The van der Waals surface area contributed by atoms with Crippen molar-refractivity contribution < 1.29 is 17.6 Å². The number of carbonyl (C=O) groups is 1. The number of hydrogen-bond acceptors (Lipinski definition) is 3. The zero-order chi connectivity index (χ0) is 18.2. The summed E-state index contributed by atoms with van der Waals surface area (Å²) in [5.74, 6) is -0.977. The van der Waals surface area contributed by atoms with Gasteiger partial charge in [-0.15, -0.1) is 0 Å². The highest BCUT2D eigenvalue weighted by Gasteiger charge is 2.34. The third-order valence-corrected chi connectivity index (χ3v) is 5.93. The first-order valence-electron chi connectivity index (χ1n) is 7.92. The normalized spacial score (nSPS) is 18.0. The van der Waals surface area contributed by atoms with Gasteiger partial charge in [0.1, 0.15) is 10.7 Å². The van der Waals surface area contributed by atoms with Crippen LogP contribution < -0.4 is 9.62 Å². The van der Waals surface area contributed by atoms with E-state index in [0.717, 1.165) is 22.9 Å². The fraction of sp³-hybridized carbons (Fsp3) is 0.278. The molecule has 0 spiro atoms. The molecule has 0 aliphatic carbocycles. The first-order chi connectivity index (χ1) is 11.8. The van der Waals surface area contributed by atoms with E-state index in [4.69, 9.17) is 0 Å². The SMILES string of the molecule is Cc1ccc(N2CC(NS(=O)(=O)c3ccccc3F)CC2=O)cc1C. The predicted molar refractivity (Wildman–Crippen MR) is 93.4 cm³/mol. The lowest BCUT2D eigenvalue weighted by Gasteiger charge is -2.18. The Morgan fingerprint density at radius 1 is 1.12 bits per heavy atom. The number of sulfonamides is 1. The van der Waals surface area contributed by atoms with Crippen LogP contribution in [0.3, 0.4) is 0 Å². The van der Waals surface area contributed by atoms with E-state index in [1.54, 1.807) is 4.90 Å². The minimum Gasteiger partial charge on any atom is -0.311 e. The molecular weight excluding hydrogens is 343 g/mol. The van der Waals surface area contributed by atoms with Gasteiger partial charge < -0.3 is 4.90 Å². The van der Waals surface area contributed by atoms with Gasteiger partial charge in [-0.2, -0.15) is 0 Å². The van der Waals surface area contributed by atoms with Gasteiger partial charge >= 0.3 is 0 Å². The van der Waals surface area contributed by atoms with Crippen molar-refractivity contribution in [3.05, 3.63) is 59.4 Å². The molecule has 0 aromatic heterocycles. The standard InChI is InChI=1S/C18H19FN2O3S/c1-12-7-8-15(9-13(12)2)21-11-14(10-18(21)22)20-25(23,24)17-6-4-3-5-16(17)19/h3-9,14,20H,10-11H2,1-2H3. The van der Waals surface area contributed by atoms with E-state index in [1.165, 1.54) is 18.2 Å². The molecule has 132 valence electrons. The lowest BCUT2D eigenvalue weighted by Crippen LogP contribution is -2.37. The Balaban J connectivity index is 1.79. The van der Waals surface area contributed by atoms with Crippen molar-refractivity contribution in [2.75, 3.05) is 11.4 Å². The molecule has 1 heterocycles. The molecule has 1 aliphatic heterocycles. The molecule has 25 heavy (non-hydrogen) atoms. The quantitative estimate of drug-likeness (QED) is 0.909. The maximum atomic E-state index is 13.8. The van der Waals surface area contributed by atoms with Crippen molar-refractivity contribution in [3.63, 3.8) is 0 Å². The Hall–Kier alpha value is -2.25. The van der Waals surface area contributed by atoms with Crippen LogP contribution in [0.4, 0.5) is 10.1 Å². The molecule has 7 heteroatoms. The van der Waals surface area contributed by atoms with Gasteiger partial charge in [0.25, 0.3) is 0 Å². The summed E-state index contributed by atoms with van der Waals surface area (Å²) in [6, 6.07) is 10.3. The minimum atomic E-state index is -4.02. The summed E-state index contributed by atoms with van der Waals surface area (Å²) in [6.07, 6.45) is 0.0423. The van der Waals surface area contributed by atoms with Crippen LogP contribution in [-0.4, -0.2) is 26.9 Å². The molecule has 2 aromatic carbocycles. The van der Waals surface area contributed by atoms with E-state index in [9.17, 15) is 17.6 Å². The number of anilines is 1. The molecule has 0 radical (unpaired) electrons. The minimum absolute atomic E-state index is 0.0423. The molecule has 1 unspecified atom stereocenters. The molecule has 0 bridgehead atoms. The van der Waals surface area contributed by atoms with Crippen LogP contribution in [0.1, 0.15) is 17.5 Å². The van der Waals surface area contributed by atoms with E-state index in [2.05, 4.69) is 4.72 Å². The van der Waals surface area contributed by atoms with Gasteiger partial charge in [0.05, 0.1) is 0 Å². The third-order valence-electron chi connectivity index (χ3n) is 4.38. The fourth-order valence-corrected chi connectivity index (χ4v) is 4.18. The summed E-state index contributed by atoms with van der Waals surface area (Å²) < 4.78 is 41.0. The average Bonchev–Trinajstić information content (AvgIpc) is 2.90. The number of benzene rings is 2. The number of amides is 1. The summed E-state index contributed by atoms with van der Waals surface area (Å²) in [5, 5.41) is 0. The van der Waals surface area contributed by atoms with Gasteiger partial charge in [0.15, 0.2) is 0 Å². The van der Waals surface area contributed by atoms with Crippen LogP contribution >= 0.6 is 0 Å². The summed E-state index contributed by atoms with van der Waals surface area (Å²) in [6.45, 7) is 4.16. The van der Waals surface area contributed by atoms with Gasteiger partial charge in [-0.3, -0.25) is 4.79 Å². The van der Waals surface area contributed by atoms with Gasteiger partial charge in [-0.25, -0.2) is 17.5 Å². The second kappa shape index (κ2) is 6.57. The van der Waals surface area contributed by atoms with Crippen LogP contribution in [-0.2, 0) is 14.8 Å². The number of halogens is 1. The lowest BCUT2D eigenvalue weighted by atomic mass is 10.1. The molecular formula is C18H19FN2O3S. The van der Waals surface area contributed by atoms with Crippen LogP contribution in [0.2, 0.25) is 0 Å². The molecule has 0 saturated carbocycles. The Kier molecular flexibility index (Phi) is 4.62. The van der Waals surface area contributed by atoms with Crippen LogP contribution in [0, 0.1) is 19.7 Å². The molecule has 3 rings (SSSR count). The predicted octanol–water partition coefficient (Wildman–Crippen LogP) is 2.53. The fourth-order valence-electron chi connectivity index (χ4n) is 2.88. The Bertz CT molecular complexity index is 928. The topological polar surface area (TPSA) is 66.5 Å². The average molecular weight is 362 g/mol. The van der Waals surface area contributed by atoms with Gasteiger partial charge in [0, 0.05) is 24.7 Å². The van der Waals surface area contributed by atoms with Crippen molar-refractivity contribution in [2.45, 2.75) is 31.2 Å². The van der Waals surface area contributed by atoms with Crippen molar-refractivity contribution >= 4 is 21.6 Å². The monoisotopic (exact) mass is 362 g/mol. The van der Waals surface area contributed by atoms with Gasteiger partial charge in [0.2, 0.25) is 15.9 Å².